The van der Waals surface area contributed by atoms with Crippen molar-refractivity contribution in [2.24, 2.45) is 0 Å². The number of carbonyl (C=O) groups excluding carboxylic acids is 1. The number of rotatable bonds is 7. The third-order valence-electron chi connectivity index (χ3n) is 5.40. The fourth-order valence-corrected chi connectivity index (χ4v) is 3.74. The minimum Gasteiger partial charge on any atom is -0.465 e. The molecule has 0 saturated heterocycles. The Hall–Kier alpha value is -3.84. The summed E-state index contributed by atoms with van der Waals surface area (Å²) in [6.45, 7) is 2.55. The zero-order chi connectivity index (χ0) is 23.4. The normalized spacial score (nSPS) is 10.9. The molecule has 168 valence electrons. The van der Waals surface area contributed by atoms with E-state index < -0.39 is 11.8 Å². The van der Waals surface area contributed by atoms with Crippen LogP contribution in [0.2, 0.25) is 0 Å². The lowest BCUT2D eigenvalue weighted by atomic mass is 9.93. The summed E-state index contributed by atoms with van der Waals surface area (Å²) in [7, 11) is 2.85. The van der Waals surface area contributed by atoms with Crippen molar-refractivity contribution < 1.29 is 23.2 Å². The van der Waals surface area contributed by atoms with Crippen LogP contribution < -0.4 is 0 Å². The van der Waals surface area contributed by atoms with E-state index in [0.29, 0.717) is 18.1 Å². The molecule has 4 aromatic rings. The summed E-state index contributed by atoms with van der Waals surface area (Å²) >= 11 is 0. The van der Waals surface area contributed by atoms with E-state index >= 15 is 0 Å². The zero-order valence-corrected chi connectivity index (χ0v) is 18.6. The van der Waals surface area contributed by atoms with E-state index in [1.807, 2.05) is 30.3 Å². The summed E-state index contributed by atoms with van der Waals surface area (Å²) in [6, 6.07) is 18.2. The van der Waals surface area contributed by atoms with Crippen LogP contribution in [0.1, 0.15) is 28.4 Å². The molecule has 3 aromatic carbocycles. The van der Waals surface area contributed by atoms with Gasteiger partial charge in [0.25, 0.3) is 5.89 Å². The lowest BCUT2D eigenvalue weighted by molar-refractivity contribution is 0.0595. The second kappa shape index (κ2) is 9.75. The van der Waals surface area contributed by atoms with Crippen LogP contribution in [0, 0.1) is 5.82 Å². The van der Waals surface area contributed by atoms with Crippen molar-refractivity contribution in [3.63, 3.8) is 0 Å². The molecule has 0 N–H and O–H groups in total. The molecule has 0 radical (unpaired) electrons. The summed E-state index contributed by atoms with van der Waals surface area (Å²) in [6.07, 6.45) is 0.919. The van der Waals surface area contributed by atoms with Gasteiger partial charge < -0.3 is 14.0 Å². The minimum atomic E-state index is -0.747. The zero-order valence-electron chi connectivity index (χ0n) is 18.6. The molecule has 6 nitrogen and oxygen atoms in total. The highest BCUT2D eigenvalue weighted by molar-refractivity contribution is 5.90. The van der Waals surface area contributed by atoms with Gasteiger partial charge in [-0.05, 0) is 59.0 Å². The number of hydrogen-bond acceptors (Lipinski definition) is 6. The Bertz CT molecular complexity index is 1300. The Kier molecular flexibility index (Phi) is 6.60. The van der Waals surface area contributed by atoms with Gasteiger partial charge in [0.1, 0.15) is 5.82 Å². The summed E-state index contributed by atoms with van der Waals surface area (Å²) in [5.74, 6) is -0.945. The molecule has 33 heavy (non-hydrogen) atoms. The lowest BCUT2D eigenvalue weighted by Gasteiger charge is -2.13. The number of carbonyl (C=O) groups is 1. The van der Waals surface area contributed by atoms with Gasteiger partial charge in [-0.3, -0.25) is 0 Å². The predicted octanol–water partition coefficient (Wildman–Crippen LogP) is 5.71. The van der Waals surface area contributed by atoms with Gasteiger partial charge in [-0.1, -0.05) is 42.4 Å². The van der Waals surface area contributed by atoms with Gasteiger partial charge in [-0.15, -0.1) is 0 Å². The van der Waals surface area contributed by atoms with E-state index in [0.717, 1.165) is 28.7 Å². The Balaban J connectivity index is 1.69. The largest absolute Gasteiger partial charge is 0.465 e. The molecule has 0 unspecified atom stereocenters. The molecule has 1 heterocycles. The molecule has 0 fully saturated rings. The van der Waals surface area contributed by atoms with Crippen molar-refractivity contribution in [3.8, 4) is 34.0 Å². The van der Waals surface area contributed by atoms with Gasteiger partial charge >= 0.3 is 5.97 Å². The summed E-state index contributed by atoms with van der Waals surface area (Å²) in [5, 5.41) is 3.98. The minimum absolute atomic E-state index is 0.155. The van der Waals surface area contributed by atoms with Crippen LogP contribution in [-0.2, 0) is 22.5 Å². The van der Waals surface area contributed by atoms with Gasteiger partial charge in [0.15, 0.2) is 0 Å². The number of halogens is 1. The standard InChI is InChI=1S/C26H23FN2O4/c1-4-16-7-5-6-8-20(16)21-11-10-18(13-19(21)15-31-2)25-28-24(29-33-25)17-9-12-22(23(27)14-17)26(30)32-3/h5-14H,4,15H2,1-3H3. The highest BCUT2D eigenvalue weighted by Crippen LogP contribution is 2.32. The quantitative estimate of drug-likeness (QED) is 0.339. The third-order valence-corrected chi connectivity index (χ3v) is 5.40. The monoisotopic (exact) mass is 446 g/mol. The van der Waals surface area contributed by atoms with Gasteiger partial charge in [0, 0.05) is 18.2 Å². The fourth-order valence-electron chi connectivity index (χ4n) is 3.74. The molecular formula is C26H23FN2O4. The molecule has 0 bridgehead atoms. The topological polar surface area (TPSA) is 74.5 Å². The average molecular weight is 446 g/mol. The first kappa shape index (κ1) is 22.4. The maximum atomic E-state index is 14.3. The smallest absolute Gasteiger partial charge is 0.340 e. The molecule has 0 saturated carbocycles. The van der Waals surface area contributed by atoms with E-state index in [1.165, 1.54) is 24.8 Å². The summed E-state index contributed by atoms with van der Waals surface area (Å²) in [5.41, 5.74) is 5.44. The van der Waals surface area contributed by atoms with E-state index in [9.17, 15) is 9.18 Å². The molecule has 0 aliphatic heterocycles. The molecule has 0 spiro atoms. The highest BCUT2D eigenvalue weighted by Gasteiger charge is 2.17. The number of benzene rings is 3. The third kappa shape index (κ3) is 4.54. The van der Waals surface area contributed by atoms with Crippen molar-refractivity contribution >= 4 is 5.97 Å². The Labute approximate surface area is 191 Å². The molecule has 0 aliphatic rings. The number of aromatic nitrogens is 2. The fraction of sp³-hybridized carbons (Fsp3) is 0.192. The van der Waals surface area contributed by atoms with Crippen LogP contribution in [0.15, 0.2) is 65.2 Å². The molecule has 4 rings (SSSR count). The maximum absolute atomic E-state index is 14.3. The van der Waals surface area contributed by atoms with E-state index in [4.69, 9.17) is 9.26 Å². The number of hydrogen-bond donors (Lipinski definition) is 0. The van der Waals surface area contributed by atoms with Crippen molar-refractivity contribution in [2.75, 3.05) is 14.2 Å². The Morgan fingerprint density at radius 2 is 1.73 bits per heavy atom. The van der Waals surface area contributed by atoms with Gasteiger partial charge in [-0.2, -0.15) is 4.98 Å². The SMILES string of the molecule is CCc1ccccc1-c1ccc(-c2nc(-c3ccc(C(=O)OC)c(F)c3)no2)cc1COC. The van der Waals surface area contributed by atoms with Crippen LogP contribution in [0.25, 0.3) is 34.0 Å². The molecule has 0 aliphatic carbocycles. The van der Waals surface area contributed by atoms with Gasteiger partial charge in [0.05, 0.1) is 19.3 Å². The van der Waals surface area contributed by atoms with E-state index in [1.54, 1.807) is 13.2 Å². The number of aryl methyl sites for hydroxylation is 1. The maximum Gasteiger partial charge on any atom is 0.340 e. The van der Waals surface area contributed by atoms with Crippen molar-refractivity contribution in [2.45, 2.75) is 20.0 Å². The van der Waals surface area contributed by atoms with Crippen LogP contribution in [0.4, 0.5) is 4.39 Å². The number of ether oxygens (including phenoxy) is 2. The number of nitrogens with zero attached hydrogens (tertiary/aromatic N) is 2. The molecule has 0 amide bonds. The molecular weight excluding hydrogens is 423 g/mol. The van der Waals surface area contributed by atoms with Crippen molar-refractivity contribution in [1.29, 1.82) is 0 Å². The number of esters is 1. The van der Waals surface area contributed by atoms with Crippen LogP contribution >= 0.6 is 0 Å². The second-order valence-electron chi connectivity index (χ2n) is 7.42. The Morgan fingerprint density at radius 3 is 2.45 bits per heavy atom. The van der Waals surface area contributed by atoms with E-state index in [2.05, 4.69) is 33.9 Å². The highest BCUT2D eigenvalue weighted by atomic mass is 19.1. The second-order valence-corrected chi connectivity index (χ2v) is 7.42. The molecule has 1 aromatic heterocycles. The average Bonchev–Trinajstić information content (AvgIpc) is 3.34. The molecule has 0 atom stereocenters. The number of methoxy groups -OCH3 is 2. The first-order valence-electron chi connectivity index (χ1n) is 10.5. The van der Waals surface area contributed by atoms with Gasteiger partial charge in [0.2, 0.25) is 5.82 Å². The summed E-state index contributed by atoms with van der Waals surface area (Å²) < 4.78 is 29.8. The Morgan fingerprint density at radius 1 is 0.970 bits per heavy atom. The van der Waals surface area contributed by atoms with E-state index in [-0.39, 0.29) is 11.4 Å². The predicted molar refractivity (Wildman–Crippen MR) is 122 cm³/mol. The molecule has 7 heteroatoms. The van der Waals surface area contributed by atoms with Crippen LogP contribution in [0.3, 0.4) is 0 Å². The first-order valence-corrected chi connectivity index (χ1v) is 10.5. The summed E-state index contributed by atoms with van der Waals surface area (Å²) in [4.78, 5) is 16.0. The first-order chi connectivity index (χ1) is 16.0. The van der Waals surface area contributed by atoms with Crippen LogP contribution in [0.5, 0.6) is 0 Å². The van der Waals surface area contributed by atoms with Crippen LogP contribution in [-0.4, -0.2) is 30.3 Å². The van der Waals surface area contributed by atoms with Gasteiger partial charge in [-0.25, -0.2) is 9.18 Å². The van der Waals surface area contributed by atoms with Crippen molar-refractivity contribution in [3.05, 3.63) is 83.2 Å². The lowest BCUT2D eigenvalue weighted by Crippen LogP contribution is -2.04. The van der Waals surface area contributed by atoms with Crippen molar-refractivity contribution in [1.82, 2.24) is 10.1 Å².